The minimum atomic E-state index is -4.51. The second kappa shape index (κ2) is 9.35. The molecule has 7 heteroatoms. The number of anilines is 2. The highest BCUT2D eigenvalue weighted by molar-refractivity contribution is 5.77. The van der Waals surface area contributed by atoms with Gasteiger partial charge < -0.3 is 15.8 Å². The minimum Gasteiger partial charge on any atom is -0.493 e. The van der Waals surface area contributed by atoms with Gasteiger partial charge in [-0.1, -0.05) is 44.2 Å². The van der Waals surface area contributed by atoms with Crippen LogP contribution in [0.2, 0.25) is 0 Å². The third-order valence-corrected chi connectivity index (χ3v) is 6.34. The van der Waals surface area contributed by atoms with Gasteiger partial charge in [-0.2, -0.15) is 13.2 Å². The van der Waals surface area contributed by atoms with Gasteiger partial charge in [-0.05, 0) is 49.9 Å². The highest BCUT2D eigenvalue weighted by Gasteiger charge is 2.53. The number of rotatable bonds is 8. The van der Waals surface area contributed by atoms with Gasteiger partial charge in [-0.3, -0.25) is 0 Å². The van der Waals surface area contributed by atoms with Crippen molar-refractivity contribution in [3.8, 4) is 5.75 Å². The predicted molar refractivity (Wildman–Crippen MR) is 131 cm³/mol. The number of allylic oxidation sites excluding steroid dienone is 2. The zero-order valence-corrected chi connectivity index (χ0v) is 20.1. The highest BCUT2D eigenvalue weighted by Crippen LogP contribution is 2.50. The number of alkyl halides is 3. The second-order valence-corrected chi connectivity index (χ2v) is 10.0. The Kier molecular flexibility index (Phi) is 7.06. The third kappa shape index (κ3) is 5.40. The molecule has 2 aromatic rings. The topological polar surface area (TPSA) is 47.3 Å². The molecule has 3 N–H and O–H groups in total. The van der Waals surface area contributed by atoms with Gasteiger partial charge in [0.1, 0.15) is 11.6 Å². The van der Waals surface area contributed by atoms with Crippen LogP contribution < -0.4 is 15.8 Å². The molecule has 1 aliphatic rings. The maximum absolute atomic E-state index is 14.4. The Labute approximate surface area is 198 Å². The summed E-state index contributed by atoms with van der Waals surface area (Å²) in [5.41, 5.74) is 6.47. The molecule has 0 unspecified atom stereocenters. The molecule has 0 bridgehead atoms. The van der Waals surface area contributed by atoms with Gasteiger partial charge in [0.05, 0.1) is 12.0 Å². The Balaban J connectivity index is 1.93. The lowest BCUT2D eigenvalue weighted by atomic mass is 9.69. The quantitative estimate of drug-likeness (QED) is 0.239. The van der Waals surface area contributed by atoms with Crippen LogP contribution in [-0.4, -0.2) is 19.3 Å². The van der Waals surface area contributed by atoms with Crippen LogP contribution in [0.15, 0.2) is 48.6 Å². The Morgan fingerprint density at radius 1 is 1.21 bits per heavy atom. The lowest BCUT2D eigenvalue weighted by Crippen LogP contribution is -2.45. The number of nitrogens with one attached hydrogen (secondary N) is 1. The van der Waals surface area contributed by atoms with E-state index in [4.69, 9.17) is 10.5 Å². The van der Waals surface area contributed by atoms with Crippen molar-refractivity contribution in [1.29, 1.82) is 0 Å². The van der Waals surface area contributed by atoms with Gasteiger partial charge in [0.2, 0.25) is 0 Å². The van der Waals surface area contributed by atoms with Crippen molar-refractivity contribution in [2.45, 2.75) is 52.1 Å². The first kappa shape index (κ1) is 25.7. The van der Waals surface area contributed by atoms with Crippen LogP contribution in [0.3, 0.4) is 0 Å². The highest BCUT2D eigenvalue weighted by atomic mass is 19.4. The fourth-order valence-corrected chi connectivity index (χ4v) is 4.54. The van der Waals surface area contributed by atoms with Gasteiger partial charge in [0.15, 0.2) is 0 Å². The first-order chi connectivity index (χ1) is 15.7. The van der Waals surface area contributed by atoms with Gasteiger partial charge >= 0.3 is 6.18 Å². The maximum atomic E-state index is 14.4. The number of halogens is 4. The molecular weight excluding hydrogens is 444 g/mol. The lowest BCUT2D eigenvalue weighted by molar-refractivity contribution is -0.219. The number of hydrogen-bond acceptors (Lipinski definition) is 3. The molecule has 0 amide bonds. The Hall–Kier alpha value is -2.96. The van der Waals surface area contributed by atoms with Crippen molar-refractivity contribution in [2.75, 3.05) is 24.2 Å². The van der Waals surface area contributed by atoms with Gasteiger partial charge in [0, 0.05) is 41.0 Å². The molecule has 2 aromatic carbocycles. The van der Waals surface area contributed by atoms with E-state index in [0.717, 1.165) is 5.57 Å². The van der Waals surface area contributed by atoms with Crippen molar-refractivity contribution in [1.82, 2.24) is 0 Å². The lowest BCUT2D eigenvalue weighted by Gasteiger charge is -2.40. The van der Waals surface area contributed by atoms with Crippen LogP contribution in [0, 0.1) is 11.2 Å². The van der Waals surface area contributed by atoms with E-state index in [1.807, 2.05) is 6.92 Å². The van der Waals surface area contributed by atoms with Gasteiger partial charge in [-0.15, -0.1) is 0 Å². The number of nitrogens with two attached hydrogens (primary N) is 1. The molecule has 1 heterocycles. The van der Waals surface area contributed by atoms with Crippen molar-refractivity contribution >= 4 is 17.5 Å². The minimum absolute atomic E-state index is 0.269. The molecule has 0 fully saturated rings. The molecular formula is C27H32F4N2O. The van der Waals surface area contributed by atoms with E-state index in [-0.39, 0.29) is 13.0 Å². The van der Waals surface area contributed by atoms with Crippen LogP contribution in [0.25, 0.3) is 6.08 Å². The summed E-state index contributed by atoms with van der Waals surface area (Å²) in [6.07, 6.45) is -0.739. The molecule has 1 atom stereocenters. The molecule has 0 spiro atoms. The van der Waals surface area contributed by atoms with E-state index in [1.165, 1.54) is 19.1 Å². The smallest absolute Gasteiger partial charge is 0.395 e. The summed E-state index contributed by atoms with van der Waals surface area (Å²) in [6, 6.07) is 7.78. The fraction of sp³-hybridized carbons (Fsp3) is 0.407. The van der Waals surface area contributed by atoms with Crippen molar-refractivity contribution < 1.29 is 22.3 Å². The summed E-state index contributed by atoms with van der Waals surface area (Å²) in [7, 11) is 0. The Bertz CT molecular complexity index is 1100. The van der Waals surface area contributed by atoms with Gasteiger partial charge in [-0.25, -0.2) is 4.39 Å². The molecule has 0 saturated heterocycles. The first-order valence-corrected chi connectivity index (χ1v) is 11.2. The normalized spacial score (nSPS) is 15.6. The zero-order chi connectivity index (χ0) is 25.3. The number of nitrogen functional groups attached to an aromatic ring is 1. The largest absolute Gasteiger partial charge is 0.493 e. The number of hydrogen-bond donors (Lipinski definition) is 2. The molecule has 0 aromatic heterocycles. The number of benzene rings is 2. The Morgan fingerprint density at radius 3 is 2.56 bits per heavy atom. The maximum Gasteiger partial charge on any atom is 0.395 e. The SMILES string of the molecule is C=C(C)/C=C\c1c(N)cccc1NC[C@@](C)(CC(C)(C)c1cc(F)cc2c1OCC2)C(F)(F)F. The van der Waals surface area contributed by atoms with Crippen LogP contribution in [0.5, 0.6) is 5.75 Å². The van der Waals surface area contributed by atoms with Crippen LogP contribution in [-0.2, 0) is 11.8 Å². The first-order valence-electron chi connectivity index (χ1n) is 11.2. The molecule has 184 valence electrons. The van der Waals surface area contributed by atoms with Gasteiger partial charge in [0.25, 0.3) is 0 Å². The van der Waals surface area contributed by atoms with Crippen LogP contribution >= 0.6 is 0 Å². The molecule has 3 rings (SSSR count). The summed E-state index contributed by atoms with van der Waals surface area (Å²) in [4.78, 5) is 0. The summed E-state index contributed by atoms with van der Waals surface area (Å²) in [5, 5.41) is 2.98. The van der Waals surface area contributed by atoms with Crippen LogP contribution in [0.1, 0.15) is 50.8 Å². The molecule has 0 aliphatic carbocycles. The number of fused-ring (bicyclic) bond motifs is 1. The predicted octanol–water partition coefficient (Wildman–Crippen LogP) is 7.28. The van der Waals surface area contributed by atoms with E-state index < -0.39 is 22.8 Å². The van der Waals surface area contributed by atoms with E-state index in [2.05, 4.69) is 11.9 Å². The van der Waals surface area contributed by atoms with Crippen molar-refractivity contribution in [3.63, 3.8) is 0 Å². The fourth-order valence-electron chi connectivity index (χ4n) is 4.54. The molecule has 34 heavy (non-hydrogen) atoms. The monoisotopic (exact) mass is 476 g/mol. The number of ether oxygens (including phenoxy) is 1. The van der Waals surface area contributed by atoms with Crippen LogP contribution in [0.4, 0.5) is 28.9 Å². The van der Waals surface area contributed by atoms with Crippen molar-refractivity contribution in [3.05, 3.63) is 71.1 Å². The summed E-state index contributed by atoms with van der Waals surface area (Å²) < 4.78 is 63.3. The Morgan fingerprint density at radius 2 is 1.91 bits per heavy atom. The summed E-state index contributed by atoms with van der Waals surface area (Å²) in [6.45, 7) is 10.3. The zero-order valence-electron chi connectivity index (χ0n) is 20.1. The van der Waals surface area contributed by atoms with E-state index in [9.17, 15) is 17.6 Å². The molecule has 3 nitrogen and oxygen atoms in total. The molecule has 1 aliphatic heterocycles. The average molecular weight is 477 g/mol. The average Bonchev–Trinajstić information content (AvgIpc) is 3.17. The second-order valence-electron chi connectivity index (χ2n) is 10.0. The van der Waals surface area contributed by atoms with E-state index in [0.29, 0.717) is 46.8 Å². The third-order valence-electron chi connectivity index (χ3n) is 6.34. The van der Waals surface area contributed by atoms with E-state index >= 15 is 0 Å². The molecule has 0 radical (unpaired) electrons. The summed E-state index contributed by atoms with van der Waals surface area (Å²) >= 11 is 0. The standard InChI is InChI=1S/C27H32F4N2O/c1-17(2)9-10-20-22(32)7-6-8-23(20)33-16-26(5,27(29,30)31)15-25(3,4)21-14-19(28)13-18-11-12-34-24(18)21/h6-10,13-14,33H,1,11-12,15-16,32H2,2-5H3/b10-9-/t26-/m1/s1. The molecule has 0 saturated carbocycles. The summed E-state index contributed by atoms with van der Waals surface area (Å²) in [5.74, 6) is 0.0415. The van der Waals surface area contributed by atoms with E-state index in [1.54, 1.807) is 44.2 Å². The van der Waals surface area contributed by atoms with Crippen molar-refractivity contribution in [2.24, 2.45) is 5.41 Å².